The molecule has 0 atom stereocenters. The molecule has 16 heavy (non-hydrogen) atoms. The highest BCUT2D eigenvalue weighted by Gasteiger charge is 2.28. The predicted molar refractivity (Wildman–Crippen MR) is 64.5 cm³/mol. The van der Waals surface area contributed by atoms with E-state index in [1.54, 1.807) is 4.90 Å². The Kier molecular flexibility index (Phi) is 2.91. The largest absolute Gasteiger partial charge is 0.308 e. The Hall–Kier alpha value is -1.83. The number of hydrogen-bond acceptors (Lipinski definition) is 1. The molecular weight excluding hydrogens is 198 g/mol. The van der Waals surface area contributed by atoms with Crippen molar-refractivity contribution in [3.63, 3.8) is 0 Å². The number of likely N-dealkylation sites (tertiary alicyclic amines) is 1. The van der Waals surface area contributed by atoms with Crippen molar-refractivity contribution >= 4 is 5.91 Å². The summed E-state index contributed by atoms with van der Waals surface area (Å²) < 4.78 is 0. The molecule has 1 fully saturated rings. The van der Waals surface area contributed by atoms with Crippen LogP contribution in [-0.4, -0.2) is 10.8 Å². The lowest BCUT2D eigenvalue weighted by atomic mass is 10.2. The zero-order valence-electron chi connectivity index (χ0n) is 9.44. The molecule has 0 saturated carbocycles. The second-order valence-electron chi connectivity index (χ2n) is 3.94. The van der Waals surface area contributed by atoms with Gasteiger partial charge in [-0.1, -0.05) is 43.0 Å². The minimum atomic E-state index is 0.0527. The molecule has 1 heterocycles. The van der Waals surface area contributed by atoms with Crippen LogP contribution in [0.15, 0.2) is 54.3 Å². The van der Waals surface area contributed by atoms with Crippen LogP contribution in [0.2, 0.25) is 0 Å². The van der Waals surface area contributed by atoms with Crippen LogP contribution in [0.3, 0.4) is 0 Å². The van der Waals surface area contributed by atoms with Crippen LogP contribution < -0.4 is 0 Å². The first-order valence-corrected chi connectivity index (χ1v) is 5.41. The molecular formula is C14H15NO. The van der Waals surface area contributed by atoms with E-state index in [-0.39, 0.29) is 5.91 Å². The van der Waals surface area contributed by atoms with Gasteiger partial charge in [0.05, 0.1) is 6.54 Å². The first-order chi connectivity index (χ1) is 7.72. The molecule has 0 radical (unpaired) electrons. The smallest absolute Gasteiger partial charge is 0.254 e. The summed E-state index contributed by atoms with van der Waals surface area (Å²) in [4.78, 5) is 13.7. The van der Waals surface area contributed by atoms with Crippen molar-refractivity contribution in [3.05, 3.63) is 59.8 Å². The van der Waals surface area contributed by atoms with Crippen LogP contribution in [0.25, 0.3) is 0 Å². The molecule has 1 aromatic rings. The normalized spacial score (nSPS) is 18.6. The topological polar surface area (TPSA) is 20.3 Å². The van der Waals surface area contributed by atoms with Crippen molar-refractivity contribution in [2.45, 2.75) is 19.9 Å². The summed E-state index contributed by atoms with van der Waals surface area (Å²) in [5, 5.41) is 0. The van der Waals surface area contributed by atoms with Crippen LogP contribution in [-0.2, 0) is 11.3 Å². The average Bonchev–Trinajstić information content (AvgIpc) is 2.58. The van der Waals surface area contributed by atoms with Gasteiger partial charge in [0.15, 0.2) is 0 Å². The molecule has 1 aromatic carbocycles. The third-order valence-electron chi connectivity index (χ3n) is 2.81. The van der Waals surface area contributed by atoms with Gasteiger partial charge in [-0.3, -0.25) is 4.79 Å². The molecule has 0 unspecified atom stereocenters. The Morgan fingerprint density at radius 1 is 1.38 bits per heavy atom. The number of allylic oxidation sites excluding steroid dienone is 2. The van der Waals surface area contributed by atoms with E-state index in [1.807, 2.05) is 43.3 Å². The maximum absolute atomic E-state index is 11.9. The van der Waals surface area contributed by atoms with Crippen LogP contribution in [0.5, 0.6) is 0 Å². The maximum atomic E-state index is 11.9. The van der Waals surface area contributed by atoms with E-state index < -0.39 is 0 Å². The molecule has 1 aliphatic heterocycles. The Labute approximate surface area is 95.9 Å². The minimum Gasteiger partial charge on any atom is -0.308 e. The SMILES string of the molecule is C=C1C/C(=C\C)N(Cc2ccccc2)C1=O. The first kappa shape index (κ1) is 10.7. The van der Waals surface area contributed by atoms with Gasteiger partial charge in [-0.15, -0.1) is 0 Å². The molecule has 0 aliphatic carbocycles. The van der Waals surface area contributed by atoms with E-state index in [2.05, 4.69) is 6.58 Å². The molecule has 1 saturated heterocycles. The van der Waals surface area contributed by atoms with Crippen LogP contribution in [0, 0.1) is 0 Å². The predicted octanol–water partition coefficient (Wildman–Crippen LogP) is 2.88. The summed E-state index contributed by atoms with van der Waals surface area (Å²) in [6.07, 6.45) is 2.67. The van der Waals surface area contributed by atoms with Crippen molar-refractivity contribution in [3.8, 4) is 0 Å². The highest BCUT2D eigenvalue weighted by molar-refractivity contribution is 5.97. The molecule has 1 aliphatic rings. The van der Waals surface area contributed by atoms with E-state index in [0.717, 1.165) is 11.3 Å². The third kappa shape index (κ3) is 1.91. The first-order valence-electron chi connectivity index (χ1n) is 5.41. The number of carbonyl (C=O) groups is 1. The van der Waals surface area contributed by atoms with Crippen LogP contribution in [0.1, 0.15) is 18.9 Å². The molecule has 0 bridgehead atoms. The van der Waals surface area contributed by atoms with E-state index in [1.165, 1.54) is 0 Å². The molecule has 0 N–H and O–H groups in total. The summed E-state index contributed by atoms with van der Waals surface area (Å²) in [5.41, 5.74) is 2.88. The second kappa shape index (κ2) is 4.35. The molecule has 0 aromatic heterocycles. The van der Waals surface area contributed by atoms with Gasteiger partial charge in [0.2, 0.25) is 0 Å². The van der Waals surface area contributed by atoms with Gasteiger partial charge in [-0.2, -0.15) is 0 Å². The Morgan fingerprint density at radius 3 is 2.69 bits per heavy atom. The lowest BCUT2D eigenvalue weighted by molar-refractivity contribution is -0.124. The highest BCUT2D eigenvalue weighted by atomic mass is 16.2. The molecule has 2 nitrogen and oxygen atoms in total. The molecule has 0 spiro atoms. The molecule has 1 amide bonds. The lowest BCUT2D eigenvalue weighted by Crippen LogP contribution is -2.23. The Morgan fingerprint density at radius 2 is 2.06 bits per heavy atom. The standard InChI is InChI=1S/C14H15NO/c1-3-13-9-11(2)14(16)15(13)10-12-7-5-4-6-8-12/h3-8H,2,9-10H2,1H3/b13-3+. The number of benzene rings is 1. The molecule has 82 valence electrons. The van der Waals surface area contributed by atoms with Gasteiger partial charge in [-0.25, -0.2) is 0 Å². The van der Waals surface area contributed by atoms with Gasteiger partial charge in [0.25, 0.3) is 5.91 Å². The van der Waals surface area contributed by atoms with Gasteiger partial charge >= 0.3 is 0 Å². The Bertz CT molecular complexity index is 445. The van der Waals surface area contributed by atoms with Crippen molar-refractivity contribution < 1.29 is 4.79 Å². The van der Waals surface area contributed by atoms with Crippen molar-refractivity contribution in [1.29, 1.82) is 0 Å². The fourth-order valence-electron chi connectivity index (χ4n) is 1.91. The number of rotatable bonds is 2. The van der Waals surface area contributed by atoms with Crippen molar-refractivity contribution in [2.75, 3.05) is 0 Å². The molecule has 2 heteroatoms. The molecule has 2 rings (SSSR count). The second-order valence-corrected chi connectivity index (χ2v) is 3.94. The van der Waals surface area contributed by atoms with E-state index in [4.69, 9.17) is 0 Å². The van der Waals surface area contributed by atoms with Gasteiger partial charge in [-0.05, 0) is 12.5 Å². The lowest BCUT2D eigenvalue weighted by Gasteiger charge is -2.17. The zero-order chi connectivity index (χ0) is 11.5. The number of carbonyl (C=O) groups excluding carboxylic acids is 1. The number of nitrogens with zero attached hydrogens (tertiary/aromatic N) is 1. The Balaban J connectivity index is 2.21. The minimum absolute atomic E-state index is 0.0527. The summed E-state index contributed by atoms with van der Waals surface area (Å²) >= 11 is 0. The fraction of sp³-hybridized carbons (Fsp3) is 0.214. The van der Waals surface area contributed by atoms with Gasteiger partial charge in [0, 0.05) is 17.7 Å². The van der Waals surface area contributed by atoms with E-state index in [0.29, 0.717) is 18.5 Å². The van der Waals surface area contributed by atoms with Gasteiger partial charge < -0.3 is 4.90 Å². The van der Waals surface area contributed by atoms with Gasteiger partial charge in [0.1, 0.15) is 0 Å². The number of amides is 1. The van der Waals surface area contributed by atoms with Crippen LogP contribution >= 0.6 is 0 Å². The summed E-state index contributed by atoms with van der Waals surface area (Å²) in [6, 6.07) is 10.0. The van der Waals surface area contributed by atoms with Crippen molar-refractivity contribution in [2.24, 2.45) is 0 Å². The summed E-state index contributed by atoms with van der Waals surface area (Å²) in [7, 11) is 0. The fourth-order valence-corrected chi connectivity index (χ4v) is 1.91. The monoisotopic (exact) mass is 213 g/mol. The average molecular weight is 213 g/mol. The summed E-state index contributed by atoms with van der Waals surface area (Å²) in [6.45, 7) is 6.39. The number of hydrogen-bond donors (Lipinski definition) is 0. The van der Waals surface area contributed by atoms with Crippen molar-refractivity contribution in [1.82, 2.24) is 4.90 Å². The highest BCUT2D eigenvalue weighted by Crippen LogP contribution is 2.27. The summed E-state index contributed by atoms with van der Waals surface area (Å²) in [5.74, 6) is 0.0527. The zero-order valence-corrected chi connectivity index (χ0v) is 9.44. The van der Waals surface area contributed by atoms with E-state index >= 15 is 0 Å². The van der Waals surface area contributed by atoms with E-state index in [9.17, 15) is 4.79 Å². The quantitative estimate of drug-likeness (QED) is 0.692. The maximum Gasteiger partial charge on any atom is 0.254 e. The third-order valence-corrected chi connectivity index (χ3v) is 2.81. The van der Waals surface area contributed by atoms with Crippen LogP contribution in [0.4, 0.5) is 0 Å².